The molecule has 6 nitrogen and oxygen atoms in total. The van der Waals surface area contributed by atoms with E-state index in [4.69, 9.17) is 14.6 Å². The van der Waals surface area contributed by atoms with E-state index in [0.29, 0.717) is 19.3 Å². The van der Waals surface area contributed by atoms with E-state index in [9.17, 15) is 9.59 Å². The highest BCUT2D eigenvalue weighted by Crippen LogP contribution is 2.41. The molecule has 1 fully saturated rings. The summed E-state index contributed by atoms with van der Waals surface area (Å²) in [7, 11) is 0. The van der Waals surface area contributed by atoms with Crippen molar-refractivity contribution in [1.82, 2.24) is 5.32 Å². The van der Waals surface area contributed by atoms with E-state index in [0.717, 1.165) is 0 Å². The first-order valence-electron chi connectivity index (χ1n) is 7.01. The Labute approximate surface area is 119 Å². The minimum absolute atomic E-state index is 0.0794. The fourth-order valence-electron chi connectivity index (χ4n) is 2.40. The summed E-state index contributed by atoms with van der Waals surface area (Å²) in [4.78, 5) is 23.9. The quantitative estimate of drug-likeness (QED) is 0.750. The molecular formula is C14H25NO5. The second-order valence-corrected chi connectivity index (χ2v) is 6.22. The van der Waals surface area contributed by atoms with Gasteiger partial charge in [0.05, 0.1) is 6.61 Å². The third-order valence-electron chi connectivity index (χ3n) is 3.22. The summed E-state index contributed by atoms with van der Waals surface area (Å²) in [6.45, 7) is 7.36. The third kappa shape index (κ3) is 4.37. The minimum atomic E-state index is -1.00. The molecule has 0 radical (unpaired) electrons. The zero-order valence-electron chi connectivity index (χ0n) is 12.7. The molecule has 0 saturated heterocycles. The molecule has 0 aromatic carbocycles. The Morgan fingerprint density at radius 2 is 1.95 bits per heavy atom. The van der Waals surface area contributed by atoms with E-state index in [1.807, 2.05) is 0 Å². The lowest BCUT2D eigenvalue weighted by Gasteiger charge is -2.45. The number of aliphatic hydroxyl groups excluding tert-OH is 1. The monoisotopic (exact) mass is 287 g/mol. The van der Waals surface area contributed by atoms with Gasteiger partial charge in [-0.25, -0.2) is 9.59 Å². The summed E-state index contributed by atoms with van der Waals surface area (Å²) in [6.07, 6.45) is 0.960. The lowest BCUT2D eigenvalue weighted by molar-refractivity contribution is -0.158. The van der Waals surface area contributed by atoms with E-state index in [1.54, 1.807) is 27.7 Å². The maximum atomic E-state index is 12.0. The summed E-state index contributed by atoms with van der Waals surface area (Å²) in [5.74, 6) is -0.209. The van der Waals surface area contributed by atoms with Crippen LogP contribution in [0.3, 0.4) is 0 Å². The zero-order chi connectivity index (χ0) is 15.4. The highest BCUT2D eigenvalue weighted by molar-refractivity contribution is 5.87. The van der Waals surface area contributed by atoms with Gasteiger partial charge in [0.25, 0.3) is 0 Å². The van der Waals surface area contributed by atoms with Crippen LogP contribution in [0.15, 0.2) is 0 Å². The van der Waals surface area contributed by atoms with Gasteiger partial charge in [-0.15, -0.1) is 0 Å². The SMILES string of the molecule is CCOC(=O)[C@]1(NC(=O)OC(C)(C)C)C[C@@H](CCO)C1. The molecule has 1 aliphatic carbocycles. The van der Waals surface area contributed by atoms with Crippen LogP contribution in [0, 0.1) is 5.92 Å². The number of carbonyl (C=O) groups is 2. The van der Waals surface area contributed by atoms with Gasteiger partial charge < -0.3 is 19.9 Å². The van der Waals surface area contributed by atoms with Gasteiger partial charge >= 0.3 is 12.1 Å². The van der Waals surface area contributed by atoms with Gasteiger partial charge in [0.2, 0.25) is 0 Å². The normalized spacial score (nSPS) is 25.6. The van der Waals surface area contributed by atoms with Crippen LogP contribution in [0.5, 0.6) is 0 Å². The molecule has 6 heteroatoms. The topological polar surface area (TPSA) is 84.9 Å². The summed E-state index contributed by atoms with van der Waals surface area (Å²) < 4.78 is 10.2. The van der Waals surface area contributed by atoms with Crippen LogP contribution in [0.2, 0.25) is 0 Å². The van der Waals surface area contributed by atoms with Crippen LogP contribution in [-0.2, 0) is 14.3 Å². The lowest BCUT2D eigenvalue weighted by Crippen LogP contribution is -2.63. The average Bonchev–Trinajstić information content (AvgIpc) is 2.23. The molecule has 0 aromatic heterocycles. The van der Waals surface area contributed by atoms with Crippen molar-refractivity contribution in [3.63, 3.8) is 0 Å². The van der Waals surface area contributed by atoms with E-state index in [1.165, 1.54) is 0 Å². The van der Waals surface area contributed by atoms with Crippen molar-refractivity contribution in [1.29, 1.82) is 0 Å². The van der Waals surface area contributed by atoms with Crippen molar-refractivity contribution >= 4 is 12.1 Å². The number of amides is 1. The Bertz CT molecular complexity index is 355. The molecule has 0 aliphatic heterocycles. The van der Waals surface area contributed by atoms with Crippen molar-refractivity contribution in [3.05, 3.63) is 0 Å². The standard InChI is InChI=1S/C14H25NO5/c1-5-19-11(17)14(8-10(9-14)6-7-16)15-12(18)20-13(2,3)4/h10,16H,5-9H2,1-4H3,(H,15,18)/t10-,14+. The molecule has 1 aliphatic rings. The molecule has 0 unspecified atom stereocenters. The van der Waals surface area contributed by atoms with Crippen molar-refractivity contribution in [3.8, 4) is 0 Å². The number of ether oxygens (including phenoxy) is 2. The molecular weight excluding hydrogens is 262 g/mol. The zero-order valence-corrected chi connectivity index (χ0v) is 12.7. The van der Waals surface area contributed by atoms with Crippen LogP contribution < -0.4 is 5.32 Å². The molecule has 0 spiro atoms. The molecule has 0 atom stereocenters. The van der Waals surface area contributed by atoms with E-state index >= 15 is 0 Å². The van der Waals surface area contributed by atoms with Crippen molar-refractivity contribution in [2.45, 2.75) is 58.1 Å². The number of aliphatic hydroxyl groups is 1. The Morgan fingerprint density at radius 3 is 2.40 bits per heavy atom. The van der Waals surface area contributed by atoms with Crippen LogP contribution in [0.4, 0.5) is 4.79 Å². The summed E-state index contributed by atoms with van der Waals surface area (Å²) in [5, 5.41) is 11.6. The molecule has 0 heterocycles. The van der Waals surface area contributed by atoms with Gasteiger partial charge in [-0.2, -0.15) is 0 Å². The fourth-order valence-corrected chi connectivity index (χ4v) is 2.40. The molecule has 2 N–H and O–H groups in total. The first-order valence-corrected chi connectivity index (χ1v) is 7.01. The number of alkyl carbamates (subject to hydrolysis) is 1. The fraction of sp³-hybridized carbons (Fsp3) is 0.857. The van der Waals surface area contributed by atoms with Crippen LogP contribution in [-0.4, -0.2) is 41.5 Å². The second-order valence-electron chi connectivity index (χ2n) is 6.22. The number of hydrogen-bond donors (Lipinski definition) is 2. The molecule has 0 aromatic rings. The van der Waals surface area contributed by atoms with Crippen LogP contribution in [0.25, 0.3) is 0 Å². The van der Waals surface area contributed by atoms with Gasteiger partial charge in [0.1, 0.15) is 11.1 Å². The molecule has 116 valence electrons. The number of hydrogen-bond acceptors (Lipinski definition) is 5. The van der Waals surface area contributed by atoms with Crippen molar-refractivity contribution in [2.24, 2.45) is 5.92 Å². The van der Waals surface area contributed by atoms with Gasteiger partial charge in [-0.05, 0) is 52.9 Å². The highest BCUT2D eigenvalue weighted by Gasteiger charge is 2.52. The Balaban J connectivity index is 2.66. The Morgan fingerprint density at radius 1 is 1.35 bits per heavy atom. The first kappa shape index (κ1) is 16.8. The lowest BCUT2D eigenvalue weighted by atomic mass is 9.67. The number of rotatable bonds is 5. The summed E-state index contributed by atoms with van der Waals surface area (Å²) in [6, 6.07) is 0. The molecule has 1 amide bonds. The Kier molecular flexibility index (Phi) is 5.39. The molecule has 1 saturated carbocycles. The predicted octanol–water partition coefficient (Wildman–Crippen LogP) is 1.61. The van der Waals surface area contributed by atoms with E-state index in [2.05, 4.69) is 5.32 Å². The van der Waals surface area contributed by atoms with Crippen LogP contribution in [0.1, 0.15) is 47.0 Å². The minimum Gasteiger partial charge on any atom is -0.464 e. The molecule has 1 rings (SSSR count). The summed E-state index contributed by atoms with van der Waals surface area (Å²) in [5.41, 5.74) is -1.62. The molecule has 20 heavy (non-hydrogen) atoms. The van der Waals surface area contributed by atoms with Gasteiger partial charge in [0, 0.05) is 6.61 Å². The van der Waals surface area contributed by atoms with E-state index in [-0.39, 0.29) is 19.1 Å². The predicted molar refractivity (Wildman–Crippen MR) is 73.2 cm³/mol. The molecule has 0 bridgehead atoms. The number of carbonyl (C=O) groups excluding carboxylic acids is 2. The van der Waals surface area contributed by atoms with Gasteiger partial charge in [0.15, 0.2) is 0 Å². The van der Waals surface area contributed by atoms with Gasteiger partial charge in [-0.3, -0.25) is 0 Å². The van der Waals surface area contributed by atoms with E-state index < -0.39 is 23.2 Å². The van der Waals surface area contributed by atoms with Gasteiger partial charge in [-0.1, -0.05) is 0 Å². The smallest absolute Gasteiger partial charge is 0.408 e. The Hall–Kier alpha value is -1.30. The van der Waals surface area contributed by atoms with Crippen molar-refractivity contribution < 1.29 is 24.2 Å². The summed E-state index contributed by atoms with van der Waals surface area (Å²) >= 11 is 0. The maximum absolute atomic E-state index is 12.0. The largest absolute Gasteiger partial charge is 0.464 e. The number of nitrogens with one attached hydrogen (secondary N) is 1. The maximum Gasteiger partial charge on any atom is 0.408 e. The highest BCUT2D eigenvalue weighted by atomic mass is 16.6. The number of esters is 1. The first-order chi connectivity index (χ1) is 9.22. The van der Waals surface area contributed by atoms with Crippen LogP contribution >= 0.6 is 0 Å². The van der Waals surface area contributed by atoms with Crippen molar-refractivity contribution in [2.75, 3.05) is 13.2 Å². The average molecular weight is 287 g/mol. The second kappa shape index (κ2) is 6.43. The third-order valence-corrected chi connectivity index (χ3v) is 3.22.